The third-order valence-corrected chi connectivity index (χ3v) is 4.94. The summed E-state index contributed by atoms with van der Waals surface area (Å²) in [4.78, 5) is 19.0. The van der Waals surface area contributed by atoms with Crippen molar-refractivity contribution in [3.8, 4) is 0 Å². The lowest BCUT2D eigenvalue weighted by Crippen LogP contribution is -2.40. The zero-order chi connectivity index (χ0) is 17.4. The maximum Gasteiger partial charge on any atom is 0.242 e. The maximum atomic E-state index is 12.8. The van der Waals surface area contributed by atoms with Crippen LogP contribution in [0.1, 0.15) is 30.5 Å². The van der Waals surface area contributed by atoms with Crippen LogP contribution in [0.25, 0.3) is 10.9 Å². The van der Waals surface area contributed by atoms with E-state index in [1.54, 1.807) is 6.92 Å². The molecule has 0 saturated carbocycles. The lowest BCUT2D eigenvalue weighted by molar-refractivity contribution is -0.133. The van der Waals surface area contributed by atoms with Crippen molar-refractivity contribution in [1.29, 1.82) is 0 Å². The molecule has 0 spiro atoms. The lowest BCUT2D eigenvalue weighted by Gasteiger charge is -2.31. The van der Waals surface area contributed by atoms with E-state index in [0.29, 0.717) is 29.8 Å². The van der Waals surface area contributed by atoms with Gasteiger partial charge in [0.1, 0.15) is 6.54 Å². The number of aryl methyl sites for hydroxylation is 1. The number of hydrogen-bond donors (Lipinski definition) is 0. The van der Waals surface area contributed by atoms with E-state index in [0.717, 1.165) is 30.3 Å². The van der Waals surface area contributed by atoms with E-state index in [1.807, 2.05) is 39.9 Å². The Balaban J connectivity index is 1.49. The van der Waals surface area contributed by atoms with E-state index in [1.165, 1.54) is 0 Å². The number of aromatic nitrogens is 3. The number of nitrogens with zero attached hydrogens (tertiary/aromatic N) is 4. The molecule has 1 unspecified atom stereocenters. The molecule has 25 heavy (non-hydrogen) atoms. The fourth-order valence-corrected chi connectivity index (χ4v) is 3.59. The van der Waals surface area contributed by atoms with Crippen molar-refractivity contribution >= 4 is 28.4 Å². The van der Waals surface area contributed by atoms with Gasteiger partial charge in [-0.25, -0.2) is 0 Å². The van der Waals surface area contributed by atoms with Crippen LogP contribution in [0.3, 0.4) is 0 Å². The van der Waals surface area contributed by atoms with Crippen molar-refractivity contribution in [1.82, 2.24) is 19.6 Å². The predicted molar refractivity (Wildman–Crippen MR) is 94.5 cm³/mol. The van der Waals surface area contributed by atoms with Gasteiger partial charge in [-0.3, -0.25) is 4.79 Å². The van der Waals surface area contributed by atoms with Crippen molar-refractivity contribution in [2.75, 3.05) is 13.1 Å². The van der Waals surface area contributed by atoms with Gasteiger partial charge in [0.05, 0.1) is 5.92 Å². The third kappa shape index (κ3) is 3.26. The molecular weight excluding hydrogens is 340 g/mol. The van der Waals surface area contributed by atoms with E-state index in [2.05, 4.69) is 10.1 Å². The summed E-state index contributed by atoms with van der Waals surface area (Å²) in [6.07, 6.45) is 3.84. The molecule has 6 nitrogen and oxygen atoms in total. The molecule has 3 heterocycles. The molecule has 1 fully saturated rings. The van der Waals surface area contributed by atoms with Crippen molar-refractivity contribution in [2.45, 2.75) is 32.2 Å². The molecule has 1 aliphatic rings. The van der Waals surface area contributed by atoms with E-state index in [4.69, 9.17) is 16.1 Å². The molecule has 0 aliphatic carbocycles. The topological polar surface area (TPSA) is 64.2 Å². The van der Waals surface area contributed by atoms with Gasteiger partial charge < -0.3 is 14.0 Å². The highest BCUT2D eigenvalue weighted by atomic mass is 35.5. The van der Waals surface area contributed by atoms with E-state index in [-0.39, 0.29) is 11.8 Å². The summed E-state index contributed by atoms with van der Waals surface area (Å²) in [5.41, 5.74) is 0.974. The van der Waals surface area contributed by atoms with Gasteiger partial charge >= 0.3 is 0 Å². The van der Waals surface area contributed by atoms with Gasteiger partial charge in [0.2, 0.25) is 11.8 Å². The first-order valence-electron chi connectivity index (χ1n) is 8.42. The second-order valence-corrected chi connectivity index (χ2v) is 6.94. The van der Waals surface area contributed by atoms with E-state index in [9.17, 15) is 4.79 Å². The normalized spacial score (nSPS) is 18.0. The minimum absolute atomic E-state index is 0.0958. The van der Waals surface area contributed by atoms with Crippen LogP contribution < -0.4 is 0 Å². The molecular formula is C18H19ClN4O2. The number of likely N-dealkylation sites (tertiary alicyclic amines) is 1. The SMILES string of the molecule is Cc1noc(C2CCCN(C(=O)Cn3ccc4ccc(Cl)cc43)C2)n1. The molecule has 7 heteroatoms. The molecule has 1 amide bonds. The van der Waals surface area contributed by atoms with Crippen LogP contribution in [0.4, 0.5) is 0 Å². The van der Waals surface area contributed by atoms with Gasteiger partial charge in [0.25, 0.3) is 0 Å². The summed E-state index contributed by atoms with van der Waals surface area (Å²) < 4.78 is 7.24. The number of amides is 1. The zero-order valence-corrected chi connectivity index (χ0v) is 14.7. The number of hydrogen-bond acceptors (Lipinski definition) is 4. The fraction of sp³-hybridized carbons (Fsp3) is 0.389. The summed E-state index contributed by atoms with van der Waals surface area (Å²) >= 11 is 6.09. The largest absolute Gasteiger partial charge is 0.340 e. The summed E-state index contributed by atoms with van der Waals surface area (Å²) in [5, 5.41) is 5.61. The highest BCUT2D eigenvalue weighted by molar-refractivity contribution is 6.31. The van der Waals surface area contributed by atoms with Crippen LogP contribution >= 0.6 is 11.6 Å². The number of fused-ring (bicyclic) bond motifs is 1. The lowest BCUT2D eigenvalue weighted by atomic mass is 9.98. The van der Waals surface area contributed by atoms with Crippen LogP contribution in [-0.4, -0.2) is 38.6 Å². The smallest absolute Gasteiger partial charge is 0.242 e. The van der Waals surface area contributed by atoms with Gasteiger partial charge in [-0.15, -0.1) is 0 Å². The van der Waals surface area contributed by atoms with Crippen LogP contribution in [0.2, 0.25) is 5.02 Å². The second-order valence-electron chi connectivity index (χ2n) is 6.51. The summed E-state index contributed by atoms with van der Waals surface area (Å²) in [7, 11) is 0. The van der Waals surface area contributed by atoms with Gasteiger partial charge in [-0.05, 0) is 43.4 Å². The number of benzene rings is 1. The maximum absolute atomic E-state index is 12.8. The van der Waals surface area contributed by atoms with Gasteiger partial charge in [-0.2, -0.15) is 4.98 Å². The second kappa shape index (κ2) is 6.52. The number of carbonyl (C=O) groups is 1. The zero-order valence-electron chi connectivity index (χ0n) is 14.0. The first kappa shape index (κ1) is 16.1. The van der Waals surface area contributed by atoms with Gasteiger partial charge in [0, 0.05) is 29.8 Å². The van der Waals surface area contributed by atoms with E-state index < -0.39 is 0 Å². The number of carbonyl (C=O) groups excluding carboxylic acids is 1. The Kier molecular flexibility index (Phi) is 4.21. The van der Waals surface area contributed by atoms with Crippen molar-refractivity contribution in [2.24, 2.45) is 0 Å². The van der Waals surface area contributed by atoms with Crippen LogP contribution in [0, 0.1) is 6.92 Å². The van der Waals surface area contributed by atoms with Gasteiger partial charge in [-0.1, -0.05) is 22.8 Å². The Morgan fingerprint density at radius 2 is 2.28 bits per heavy atom. The Morgan fingerprint density at radius 1 is 1.40 bits per heavy atom. The molecule has 4 rings (SSSR count). The molecule has 1 aromatic carbocycles. The third-order valence-electron chi connectivity index (χ3n) is 4.71. The summed E-state index contributed by atoms with van der Waals surface area (Å²) in [5.74, 6) is 1.48. The summed E-state index contributed by atoms with van der Waals surface area (Å²) in [6.45, 7) is 3.50. The van der Waals surface area contributed by atoms with Gasteiger partial charge in [0.15, 0.2) is 5.82 Å². The standard InChI is InChI=1S/C18H19ClN4O2/c1-12-20-18(25-21-12)14-3-2-7-23(10-14)17(24)11-22-8-6-13-4-5-15(19)9-16(13)22/h4-6,8-9,14H,2-3,7,10-11H2,1H3. The number of halogens is 1. The average Bonchev–Trinajstić information content (AvgIpc) is 3.21. The molecule has 0 N–H and O–H groups in total. The van der Waals surface area contributed by atoms with Crippen molar-refractivity contribution in [3.63, 3.8) is 0 Å². The summed E-state index contributed by atoms with van der Waals surface area (Å²) in [6, 6.07) is 7.72. The molecule has 1 saturated heterocycles. The van der Waals surface area contributed by atoms with Crippen LogP contribution in [-0.2, 0) is 11.3 Å². The highest BCUT2D eigenvalue weighted by Crippen LogP contribution is 2.26. The Labute approximate surface area is 150 Å². The quantitative estimate of drug-likeness (QED) is 0.719. The Bertz CT molecular complexity index is 917. The molecule has 0 bridgehead atoms. The van der Waals surface area contributed by atoms with Crippen molar-refractivity contribution < 1.29 is 9.32 Å². The Hall–Kier alpha value is -2.34. The highest BCUT2D eigenvalue weighted by Gasteiger charge is 2.28. The minimum Gasteiger partial charge on any atom is -0.340 e. The molecule has 1 atom stereocenters. The van der Waals surface area contributed by atoms with Crippen molar-refractivity contribution in [3.05, 3.63) is 47.2 Å². The first-order valence-corrected chi connectivity index (χ1v) is 8.80. The molecule has 3 aromatic rings. The number of piperidine rings is 1. The minimum atomic E-state index is 0.0958. The first-order chi connectivity index (χ1) is 12.1. The predicted octanol–water partition coefficient (Wildman–Crippen LogP) is 3.39. The fourth-order valence-electron chi connectivity index (χ4n) is 3.42. The van der Waals surface area contributed by atoms with Crippen LogP contribution in [0.15, 0.2) is 35.0 Å². The number of rotatable bonds is 3. The average molecular weight is 359 g/mol. The molecule has 0 radical (unpaired) electrons. The Morgan fingerprint density at radius 3 is 3.08 bits per heavy atom. The molecule has 1 aliphatic heterocycles. The van der Waals surface area contributed by atoms with E-state index >= 15 is 0 Å². The van der Waals surface area contributed by atoms with Crippen LogP contribution in [0.5, 0.6) is 0 Å². The monoisotopic (exact) mass is 358 g/mol. The molecule has 130 valence electrons. The molecule has 2 aromatic heterocycles.